The largest absolute Gasteiger partial charge is 0.329 e. The molecule has 2 N–H and O–H groups in total. The molecule has 2 rings (SSSR count). The Morgan fingerprint density at radius 3 is 2.22 bits per heavy atom. The molecule has 1 fully saturated rings. The second kappa shape index (κ2) is 5.50. The first-order valence-corrected chi connectivity index (χ1v) is 6.28. The fourth-order valence-electron chi connectivity index (χ4n) is 2.20. The molecule has 0 saturated carbocycles. The van der Waals surface area contributed by atoms with Crippen molar-refractivity contribution in [2.45, 2.75) is 18.8 Å². The molecule has 1 aliphatic rings. The number of carbonyl (C=O) groups is 2. The predicted octanol–water partition coefficient (Wildman–Crippen LogP) is 1.53. The van der Waals surface area contributed by atoms with Crippen LogP contribution in [0.2, 0.25) is 5.02 Å². The Bertz CT molecular complexity index is 441. The van der Waals surface area contributed by atoms with Gasteiger partial charge in [-0.2, -0.15) is 0 Å². The molecule has 0 aromatic heterocycles. The number of halogens is 1. The summed E-state index contributed by atoms with van der Waals surface area (Å²) < 4.78 is 0. The lowest BCUT2D eigenvalue weighted by molar-refractivity contribution is -0.148. The average molecular weight is 267 g/mol. The summed E-state index contributed by atoms with van der Waals surface area (Å²) in [6.07, 6.45) is 0.709. The molecular weight excluding hydrogens is 252 g/mol. The fraction of sp³-hybridized carbons (Fsp3) is 0.385. The van der Waals surface area contributed by atoms with Crippen LogP contribution in [0.1, 0.15) is 24.3 Å². The van der Waals surface area contributed by atoms with Gasteiger partial charge in [-0.05, 0) is 17.7 Å². The Hall–Kier alpha value is -1.39. The highest BCUT2D eigenvalue weighted by atomic mass is 35.5. The summed E-state index contributed by atoms with van der Waals surface area (Å²) in [5.41, 5.74) is 6.37. The minimum Gasteiger partial charge on any atom is -0.329 e. The number of nitrogens with zero attached hydrogens (tertiary/aromatic N) is 1. The molecule has 0 aliphatic carbocycles. The summed E-state index contributed by atoms with van der Waals surface area (Å²) in [4.78, 5) is 25.0. The van der Waals surface area contributed by atoms with Gasteiger partial charge in [-0.15, -0.1) is 0 Å². The molecule has 1 saturated heterocycles. The highest BCUT2D eigenvalue weighted by Gasteiger charge is 2.32. The van der Waals surface area contributed by atoms with E-state index in [1.165, 1.54) is 4.90 Å². The van der Waals surface area contributed by atoms with Gasteiger partial charge in [-0.1, -0.05) is 23.7 Å². The van der Waals surface area contributed by atoms with Gasteiger partial charge < -0.3 is 5.73 Å². The molecule has 1 aliphatic heterocycles. The number of likely N-dealkylation sites (tertiary alicyclic amines) is 1. The zero-order chi connectivity index (χ0) is 13.1. The van der Waals surface area contributed by atoms with Gasteiger partial charge in [-0.3, -0.25) is 14.5 Å². The number of imide groups is 1. The van der Waals surface area contributed by atoms with Crippen LogP contribution in [0.4, 0.5) is 0 Å². The summed E-state index contributed by atoms with van der Waals surface area (Å²) in [5.74, 6) is -0.329. The van der Waals surface area contributed by atoms with E-state index in [0.717, 1.165) is 5.56 Å². The SMILES string of the molecule is NCCN1C(=O)CC(c2ccc(Cl)cc2)CC1=O. The summed E-state index contributed by atoms with van der Waals surface area (Å²) in [5, 5.41) is 0.650. The van der Waals surface area contributed by atoms with E-state index in [4.69, 9.17) is 17.3 Å². The van der Waals surface area contributed by atoms with Crippen molar-refractivity contribution in [1.29, 1.82) is 0 Å². The Balaban J connectivity index is 2.12. The molecule has 0 atom stereocenters. The van der Waals surface area contributed by atoms with Crippen LogP contribution in [0.3, 0.4) is 0 Å². The maximum atomic E-state index is 11.9. The van der Waals surface area contributed by atoms with E-state index in [1.807, 2.05) is 12.1 Å². The lowest BCUT2D eigenvalue weighted by Gasteiger charge is -2.29. The van der Waals surface area contributed by atoms with Gasteiger partial charge in [0.15, 0.2) is 0 Å². The van der Waals surface area contributed by atoms with Crippen LogP contribution < -0.4 is 5.73 Å². The van der Waals surface area contributed by atoms with E-state index in [2.05, 4.69) is 0 Å². The topological polar surface area (TPSA) is 63.4 Å². The first-order chi connectivity index (χ1) is 8.61. The van der Waals surface area contributed by atoms with E-state index < -0.39 is 0 Å². The van der Waals surface area contributed by atoms with E-state index >= 15 is 0 Å². The van der Waals surface area contributed by atoms with Gasteiger partial charge in [0.25, 0.3) is 0 Å². The zero-order valence-corrected chi connectivity index (χ0v) is 10.7. The minimum atomic E-state index is -0.142. The number of hydrogen-bond acceptors (Lipinski definition) is 3. The van der Waals surface area contributed by atoms with Crippen molar-refractivity contribution < 1.29 is 9.59 Å². The van der Waals surface area contributed by atoms with Crippen molar-refractivity contribution in [3.63, 3.8) is 0 Å². The third kappa shape index (κ3) is 2.71. The molecule has 1 heterocycles. The van der Waals surface area contributed by atoms with Gasteiger partial charge in [0.2, 0.25) is 11.8 Å². The third-order valence-corrected chi connectivity index (χ3v) is 3.39. The summed E-state index contributed by atoms with van der Waals surface area (Å²) in [6, 6.07) is 7.29. The Labute approximate surface area is 111 Å². The van der Waals surface area contributed by atoms with Gasteiger partial charge in [0, 0.05) is 36.9 Å². The number of carbonyl (C=O) groups excluding carboxylic acids is 2. The monoisotopic (exact) mass is 266 g/mol. The molecule has 1 aromatic carbocycles. The van der Waals surface area contributed by atoms with E-state index in [1.54, 1.807) is 12.1 Å². The van der Waals surface area contributed by atoms with Crippen molar-refractivity contribution in [2.24, 2.45) is 5.73 Å². The van der Waals surface area contributed by atoms with Crippen LogP contribution in [0.15, 0.2) is 24.3 Å². The normalized spacial score (nSPS) is 17.3. The van der Waals surface area contributed by atoms with Gasteiger partial charge in [0.1, 0.15) is 0 Å². The van der Waals surface area contributed by atoms with Crippen LogP contribution in [0, 0.1) is 0 Å². The van der Waals surface area contributed by atoms with Crippen molar-refractivity contribution in [3.05, 3.63) is 34.9 Å². The van der Waals surface area contributed by atoms with E-state index in [-0.39, 0.29) is 17.7 Å². The third-order valence-electron chi connectivity index (χ3n) is 3.14. The molecule has 2 amide bonds. The van der Waals surface area contributed by atoms with Crippen molar-refractivity contribution in [2.75, 3.05) is 13.1 Å². The van der Waals surface area contributed by atoms with Crippen molar-refractivity contribution in [1.82, 2.24) is 4.90 Å². The first-order valence-electron chi connectivity index (χ1n) is 5.90. The maximum Gasteiger partial charge on any atom is 0.229 e. The molecular formula is C13H15ClN2O2. The minimum absolute atomic E-state index is 0.0451. The fourth-order valence-corrected chi connectivity index (χ4v) is 2.33. The lowest BCUT2D eigenvalue weighted by atomic mass is 9.88. The van der Waals surface area contributed by atoms with Crippen LogP contribution >= 0.6 is 11.6 Å². The maximum absolute atomic E-state index is 11.9. The highest BCUT2D eigenvalue weighted by molar-refractivity contribution is 6.30. The Morgan fingerprint density at radius 1 is 1.17 bits per heavy atom. The molecule has 96 valence electrons. The summed E-state index contributed by atoms with van der Waals surface area (Å²) in [6.45, 7) is 0.619. The summed E-state index contributed by atoms with van der Waals surface area (Å²) >= 11 is 5.82. The quantitative estimate of drug-likeness (QED) is 0.844. The average Bonchev–Trinajstić information content (AvgIpc) is 2.34. The second-order valence-electron chi connectivity index (χ2n) is 4.38. The second-order valence-corrected chi connectivity index (χ2v) is 4.82. The van der Waals surface area contributed by atoms with Gasteiger partial charge >= 0.3 is 0 Å². The van der Waals surface area contributed by atoms with Gasteiger partial charge in [-0.25, -0.2) is 0 Å². The molecule has 0 spiro atoms. The van der Waals surface area contributed by atoms with Gasteiger partial charge in [0.05, 0.1) is 0 Å². The van der Waals surface area contributed by atoms with Crippen LogP contribution in [-0.2, 0) is 9.59 Å². The van der Waals surface area contributed by atoms with Crippen LogP contribution in [0.5, 0.6) is 0 Å². The number of nitrogens with two attached hydrogens (primary N) is 1. The molecule has 1 aromatic rings. The lowest BCUT2D eigenvalue weighted by Crippen LogP contribution is -2.44. The smallest absolute Gasteiger partial charge is 0.229 e. The molecule has 0 bridgehead atoms. The van der Waals surface area contributed by atoms with Crippen molar-refractivity contribution in [3.8, 4) is 0 Å². The summed E-state index contributed by atoms with van der Waals surface area (Å²) in [7, 11) is 0. The number of benzene rings is 1. The number of rotatable bonds is 3. The molecule has 0 radical (unpaired) electrons. The highest BCUT2D eigenvalue weighted by Crippen LogP contribution is 2.30. The van der Waals surface area contributed by atoms with E-state index in [9.17, 15) is 9.59 Å². The zero-order valence-electron chi connectivity index (χ0n) is 9.93. The van der Waals surface area contributed by atoms with E-state index in [0.29, 0.717) is 31.0 Å². The first kappa shape index (κ1) is 13.1. The van der Waals surface area contributed by atoms with Crippen molar-refractivity contribution >= 4 is 23.4 Å². The Morgan fingerprint density at radius 2 is 1.72 bits per heavy atom. The van der Waals surface area contributed by atoms with Crippen LogP contribution in [-0.4, -0.2) is 29.8 Å². The molecule has 0 unspecified atom stereocenters. The number of hydrogen-bond donors (Lipinski definition) is 1. The number of amides is 2. The Kier molecular flexibility index (Phi) is 3.99. The molecule has 4 nitrogen and oxygen atoms in total. The van der Waals surface area contributed by atoms with Crippen LogP contribution in [0.25, 0.3) is 0 Å². The molecule has 5 heteroatoms. The number of piperidine rings is 1. The predicted molar refractivity (Wildman–Crippen MR) is 69.2 cm³/mol. The molecule has 18 heavy (non-hydrogen) atoms. The standard InChI is InChI=1S/C13H15ClN2O2/c14-11-3-1-9(2-4-11)10-7-12(17)16(6-5-15)13(18)8-10/h1-4,10H,5-8,15H2.